The number of hydrogen-bond acceptors (Lipinski definition) is 3. The van der Waals surface area contributed by atoms with E-state index in [9.17, 15) is 4.79 Å². The quantitative estimate of drug-likeness (QED) is 0.692. The molecule has 0 aliphatic carbocycles. The largest absolute Gasteiger partial charge is 0.465 e. The summed E-state index contributed by atoms with van der Waals surface area (Å²) in [4.78, 5) is 11.7. The highest BCUT2D eigenvalue weighted by Gasteiger charge is 2.22. The van der Waals surface area contributed by atoms with Crippen LogP contribution in [0.2, 0.25) is 0 Å². The molecule has 0 rings (SSSR count). The molecule has 5 heteroatoms. The van der Waals surface area contributed by atoms with Crippen LogP contribution in [0.1, 0.15) is 20.3 Å². The van der Waals surface area contributed by atoms with Gasteiger partial charge in [0.1, 0.15) is 0 Å². The van der Waals surface area contributed by atoms with Crippen LogP contribution < -0.4 is 5.73 Å². The van der Waals surface area contributed by atoms with Gasteiger partial charge in [0.25, 0.3) is 0 Å². The zero-order valence-electron chi connectivity index (χ0n) is 9.28. The number of hydrogen-bond donors (Lipinski definition) is 2. The maximum atomic E-state index is 10.5. The molecule has 5 nitrogen and oxygen atoms in total. The summed E-state index contributed by atoms with van der Waals surface area (Å²) >= 11 is 0. The summed E-state index contributed by atoms with van der Waals surface area (Å²) < 4.78 is 5.20. The fourth-order valence-corrected chi connectivity index (χ4v) is 1.21. The van der Waals surface area contributed by atoms with Crippen molar-refractivity contribution in [3.8, 4) is 0 Å². The van der Waals surface area contributed by atoms with Gasteiger partial charge >= 0.3 is 6.09 Å². The van der Waals surface area contributed by atoms with E-state index in [1.165, 1.54) is 11.9 Å². The Morgan fingerprint density at radius 1 is 1.64 bits per heavy atom. The molecule has 0 aliphatic heterocycles. The van der Waals surface area contributed by atoms with Gasteiger partial charge in [-0.3, -0.25) is 0 Å². The molecule has 0 bridgehead atoms. The summed E-state index contributed by atoms with van der Waals surface area (Å²) in [5.74, 6) is 0. The molecular formula is C9H20N2O3. The van der Waals surface area contributed by atoms with E-state index in [0.717, 1.165) is 0 Å². The topological polar surface area (TPSA) is 75.8 Å². The van der Waals surface area contributed by atoms with Crippen molar-refractivity contribution in [3.63, 3.8) is 0 Å². The molecule has 14 heavy (non-hydrogen) atoms. The van der Waals surface area contributed by atoms with Crippen molar-refractivity contribution in [2.75, 3.05) is 20.7 Å². The SMILES string of the molecule is COC(C)(C)CC(N)CN(C)C(=O)O. The molecule has 84 valence electrons. The Kier molecular flexibility index (Phi) is 4.87. The van der Waals surface area contributed by atoms with E-state index in [0.29, 0.717) is 13.0 Å². The van der Waals surface area contributed by atoms with Crippen molar-refractivity contribution in [1.29, 1.82) is 0 Å². The second-order valence-electron chi connectivity index (χ2n) is 4.09. The summed E-state index contributed by atoms with van der Waals surface area (Å²) in [6.45, 7) is 4.17. The number of likely N-dealkylation sites (N-methyl/N-ethyl adjacent to an activating group) is 1. The minimum Gasteiger partial charge on any atom is -0.465 e. The zero-order valence-corrected chi connectivity index (χ0v) is 9.28. The average Bonchev–Trinajstić information content (AvgIpc) is 2.02. The minimum atomic E-state index is -0.962. The highest BCUT2D eigenvalue weighted by atomic mass is 16.5. The third-order valence-corrected chi connectivity index (χ3v) is 2.14. The second-order valence-corrected chi connectivity index (χ2v) is 4.09. The van der Waals surface area contributed by atoms with Gasteiger partial charge in [-0.25, -0.2) is 4.79 Å². The number of carboxylic acid groups (broad SMARTS) is 1. The first kappa shape index (κ1) is 13.2. The van der Waals surface area contributed by atoms with Gasteiger partial charge in [-0.15, -0.1) is 0 Å². The van der Waals surface area contributed by atoms with Gasteiger partial charge in [-0.1, -0.05) is 0 Å². The predicted octanol–water partition coefficient (Wildman–Crippen LogP) is 0.739. The van der Waals surface area contributed by atoms with Crippen LogP contribution in [0.25, 0.3) is 0 Å². The van der Waals surface area contributed by atoms with Crippen LogP contribution in [0.15, 0.2) is 0 Å². The summed E-state index contributed by atoms with van der Waals surface area (Å²) in [6, 6.07) is -0.203. The van der Waals surface area contributed by atoms with E-state index in [1.54, 1.807) is 7.11 Å². The monoisotopic (exact) mass is 204 g/mol. The van der Waals surface area contributed by atoms with Crippen molar-refractivity contribution in [2.24, 2.45) is 5.73 Å². The van der Waals surface area contributed by atoms with Crippen molar-refractivity contribution in [3.05, 3.63) is 0 Å². The van der Waals surface area contributed by atoms with Gasteiger partial charge < -0.3 is 20.5 Å². The normalized spacial score (nSPS) is 13.8. The second kappa shape index (κ2) is 5.17. The van der Waals surface area contributed by atoms with Crippen molar-refractivity contribution >= 4 is 6.09 Å². The molecule has 3 N–H and O–H groups in total. The molecule has 1 unspecified atom stereocenters. The smallest absolute Gasteiger partial charge is 0.407 e. The Morgan fingerprint density at radius 3 is 2.50 bits per heavy atom. The van der Waals surface area contributed by atoms with Gasteiger partial charge in [-0.2, -0.15) is 0 Å². The molecule has 0 fully saturated rings. The molecule has 0 saturated heterocycles. The lowest BCUT2D eigenvalue weighted by molar-refractivity contribution is 0.00814. The first-order chi connectivity index (χ1) is 6.28. The number of nitrogens with zero attached hydrogens (tertiary/aromatic N) is 1. The molecule has 0 aromatic heterocycles. The van der Waals surface area contributed by atoms with Crippen LogP contribution in [0.3, 0.4) is 0 Å². The van der Waals surface area contributed by atoms with Crippen molar-refractivity contribution in [1.82, 2.24) is 4.90 Å². The Bertz CT molecular complexity index is 194. The van der Waals surface area contributed by atoms with Gasteiger partial charge in [0.15, 0.2) is 0 Å². The van der Waals surface area contributed by atoms with E-state index in [2.05, 4.69) is 0 Å². The molecule has 0 aliphatic rings. The lowest BCUT2D eigenvalue weighted by atomic mass is 9.99. The molecule has 0 radical (unpaired) electrons. The average molecular weight is 204 g/mol. The number of ether oxygens (including phenoxy) is 1. The van der Waals surface area contributed by atoms with Crippen LogP contribution in [0.5, 0.6) is 0 Å². The number of nitrogens with two attached hydrogens (primary N) is 1. The fourth-order valence-electron chi connectivity index (χ4n) is 1.21. The zero-order chi connectivity index (χ0) is 11.4. The third-order valence-electron chi connectivity index (χ3n) is 2.14. The minimum absolute atomic E-state index is 0.203. The summed E-state index contributed by atoms with van der Waals surface area (Å²) in [7, 11) is 3.12. The Balaban J connectivity index is 3.98. The van der Waals surface area contributed by atoms with E-state index in [-0.39, 0.29) is 11.6 Å². The summed E-state index contributed by atoms with van der Waals surface area (Å²) in [6.07, 6.45) is -0.336. The number of carbonyl (C=O) groups is 1. The molecule has 1 amide bonds. The third kappa shape index (κ3) is 5.04. The van der Waals surface area contributed by atoms with Crippen LogP contribution >= 0.6 is 0 Å². The molecule has 1 atom stereocenters. The van der Waals surface area contributed by atoms with E-state index >= 15 is 0 Å². The van der Waals surface area contributed by atoms with E-state index < -0.39 is 6.09 Å². The van der Waals surface area contributed by atoms with Crippen molar-refractivity contribution in [2.45, 2.75) is 31.9 Å². The summed E-state index contributed by atoms with van der Waals surface area (Å²) in [5.41, 5.74) is 5.48. The Hall–Kier alpha value is -0.810. The standard InChI is InChI=1S/C9H20N2O3/c1-9(2,14-4)5-7(10)6-11(3)8(12)13/h7H,5-6,10H2,1-4H3,(H,12,13). The number of methoxy groups -OCH3 is 1. The number of rotatable bonds is 5. The number of amides is 1. The van der Waals surface area contributed by atoms with Crippen LogP contribution in [0.4, 0.5) is 4.79 Å². The van der Waals surface area contributed by atoms with Crippen LogP contribution in [-0.2, 0) is 4.74 Å². The lowest BCUT2D eigenvalue weighted by Crippen LogP contribution is -2.42. The predicted molar refractivity (Wildman–Crippen MR) is 54.3 cm³/mol. The first-order valence-electron chi connectivity index (χ1n) is 4.53. The maximum Gasteiger partial charge on any atom is 0.407 e. The molecule has 0 aromatic rings. The highest BCUT2D eigenvalue weighted by molar-refractivity contribution is 5.64. The molecule has 0 spiro atoms. The fraction of sp³-hybridized carbons (Fsp3) is 0.889. The Morgan fingerprint density at radius 2 is 2.14 bits per heavy atom. The molecule has 0 aromatic carbocycles. The van der Waals surface area contributed by atoms with Crippen LogP contribution in [0, 0.1) is 0 Å². The van der Waals surface area contributed by atoms with E-state index in [1.807, 2.05) is 13.8 Å². The summed E-state index contributed by atoms with van der Waals surface area (Å²) in [5, 5.41) is 8.63. The molecule has 0 heterocycles. The maximum absolute atomic E-state index is 10.5. The lowest BCUT2D eigenvalue weighted by Gasteiger charge is -2.28. The van der Waals surface area contributed by atoms with Gasteiger partial charge in [0.2, 0.25) is 0 Å². The van der Waals surface area contributed by atoms with Crippen LogP contribution in [-0.4, -0.2) is 48.4 Å². The Labute approximate surface area is 84.8 Å². The van der Waals surface area contributed by atoms with Gasteiger partial charge in [-0.05, 0) is 20.3 Å². The highest BCUT2D eigenvalue weighted by Crippen LogP contribution is 2.14. The van der Waals surface area contributed by atoms with Gasteiger partial charge in [0, 0.05) is 26.7 Å². The van der Waals surface area contributed by atoms with Gasteiger partial charge in [0.05, 0.1) is 5.60 Å². The molecule has 0 saturated carbocycles. The molecular weight excluding hydrogens is 184 g/mol. The van der Waals surface area contributed by atoms with E-state index in [4.69, 9.17) is 15.6 Å². The first-order valence-corrected chi connectivity index (χ1v) is 4.53. The van der Waals surface area contributed by atoms with Crippen molar-refractivity contribution < 1.29 is 14.6 Å².